The lowest BCUT2D eigenvalue weighted by Crippen LogP contribution is -2.39. The van der Waals surface area contributed by atoms with Gasteiger partial charge in [0.2, 0.25) is 5.91 Å². The van der Waals surface area contributed by atoms with Gasteiger partial charge in [-0.2, -0.15) is 0 Å². The Morgan fingerprint density at radius 3 is 2.19 bits per heavy atom. The van der Waals surface area contributed by atoms with Crippen molar-refractivity contribution in [3.63, 3.8) is 0 Å². The van der Waals surface area contributed by atoms with Crippen molar-refractivity contribution in [3.8, 4) is 0 Å². The van der Waals surface area contributed by atoms with Gasteiger partial charge in [-0.25, -0.2) is 0 Å². The Morgan fingerprint density at radius 1 is 0.926 bits per heavy atom. The number of carbonyl (C=O) groups is 1. The van der Waals surface area contributed by atoms with Crippen LogP contribution in [0.5, 0.6) is 0 Å². The van der Waals surface area contributed by atoms with E-state index in [0.29, 0.717) is 25.7 Å². The highest BCUT2D eigenvalue weighted by Gasteiger charge is 2.25. The van der Waals surface area contributed by atoms with Crippen molar-refractivity contribution in [2.24, 2.45) is 0 Å². The maximum atomic E-state index is 12.2. The summed E-state index contributed by atoms with van der Waals surface area (Å²) in [5.74, 6) is 0.122. The maximum Gasteiger partial charge on any atom is 0.222 e. The lowest BCUT2D eigenvalue weighted by molar-refractivity contribution is -0.133. The first-order valence-corrected chi connectivity index (χ1v) is 11.3. The Hall–Kier alpha value is -0.610. The molecule has 1 N–H and O–H groups in total. The molecule has 1 saturated carbocycles. The first kappa shape index (κ1) is 24.4. The molecule has 1 aliphatic carbocycles. The van der Waals surface area contributed by atoms with Crippen molar-refractivity contribution >= 4 is 5.91 Å². The van der Waals surface area contributed by atoms with E-state index in [-0.39, 0.29) is 17.1 Å². The Bertz CT molecular complexity index is 398. The third kappa shape index (κ3) is 12.5. The van der Waals surface area contributed by atoms with Gasteiger partial charge in [-0.05, 0) is 47.0 Å². The minimum absolute atomic E-state index is 0.120. The zero-order valence-corrected chi connectivity index (χ0v) is 18.7. The van der Waals surface area contributed by atoms with Crippen molar-refractivity contribution in [2.75, 3.05) is 13.2 Å². The summed E-state index contributed by atoms with van der Waals surface area (Å²) in [5.41, 5.74) is -0.492. The second kappa shape index (κ2) is 12.8. The minimum Gasteiger partial charge on any atom is -0.373 e. The Balaban J connectivity index is 2.22. The number of amides is 1. The Morgan fingerprint density at radius 2 is 1.56 bits per heavy atom. The van der Waals surface area contributed by atoms with Gasteiger partial charge in [0.25, 0.3) is 0 Å². The number of nitrogens with one attached hydrogen (secondary N) is 1. The molecule has 1 rings (SSSR count). The van der Waals surface area contributed by atoms with Crippen LogP contribution in [0.15, 0.2) is 0 Å². The summed E-state index contributed by atoms with van der Waals surface area (Å²) in [6, 6.07) is 0.359. The van der Waals surface area contributed by atoms with Crippen LogP contribution in [-0.2, 0) is 14.3 Å². The molecule has 0 aliphatic heterocycles. The molecule has 4 heteroatoms. The summed E-state index contributed by atoms with van der Waals surface area (Å²) >= 11 is 0. The summed E-state index contributed by atoms with van der Waals surface area (Å²) in [6.07, 6.45) is 13.9. The quantitative estimate of drug-likeness (QED) is 0.435. The number of rotatable bonds is 12. The minimum atomic E-state index is -0.372. The molecule has 0 radical (unpaired) electrons. The number of unbranched alkanes of at least 4 members (excludes halogenated alkanes) is 2. The van der Waals surface area contributed by atoms with Crippen molar-refractivity contribution in [3.05, 3.63) is 0 Å². The third-order valence-electron chi connectivity index (χ3n) is 5.49. The number of hydrogen-bond donors (Lipinski definition) is 1. The predicted octanol–water partition coefficient (Wildman–Crippen LogP) is 5.78. The summed E-state index contributed by atoms with van der Waals surface area (Å²) in [5, 5.41) is 3.21. The predicted molar refractivity (Wildman–Crippen MR) is 113 cm³/mol. The van der Waals surface area contributed by atoms with Crippen LogP contribution in [0.2, 0.25) is 0 Å². The van der Waals surface area contributed by atoms with Crippen LogP contribution in [0, 0.1) is 0 Å². The van der Waals surface area contributed by atoms with Gasteiger partial charge in [-0.3, -0.25) is 4.79 Å². The smallest absolute Gasteiger partial charge is 0.222 e. The van der Waals surface area contributed by atoms with Crippen LogP contribution in [0.25, 0.3) is 0 Å². The van der Waals surface area contributed by atoms with Crippen LogP contribution in [0.4, 0.5) is 0 Å². The molecule has 0 bridgehead atoms. The van der Waals surface area contributed by atoms with Gasteiger partial charge in [-0.1, -0.05) is 58.3 Å². The maximum absolute atomic E-state index is 12.2. The second-order valence-electron chi connectivity index (χ2n) is 9.47. The SMILES string of the molecule is CCCCCC(C)(C)OCC(C)(C)OCCC(=O)NC1CCCCCCC1. The van der Waals surface area contributed by atoms with E-state index in [2.05, 4.69) is 26.1 Å². The fraction of sp³-hybridized carbons (Fsp3) is 0.957. The van der Waals surface area contributed by atoms with Crippen LogP contribution in [0.3, 0.4) is 0 Å². The highest BCUT2D eigenvalue weighted by Crippen LogP contribution is 2.22. The van der Waals surface area contributed by atoms with Crippen molar-refractivity contribution in [1.29, 1.82) is 0 Å². The van der Waals surface area contributed by atoms with Gasteiger partial charge in [-0.15, -0.1) is 0 Å². The average molecular weight is 384 g/mol. The van der Waals surface area contributed by atoms with E-state index in [9.17, 15) is 4.79 Å². The molecular formula is C23H45NO3. The Kier molecular flexibility index (Phi) is 11.6. The zero-order chi connectivity index (χ0) is 20.2. The van der Waals surface area contributed by atoms with E-state index in [0.717, 1.165) is 19.3 Å². The fourth-order valence-corrected chi connectivity index (χ4v) is 3.60. The van der Waals surface area contributed by atoms with Gasteiger partial charge in [0.1, 0.15) is 0 Å². The summed E-state index contributed by atoms with van der Waals surface area (Å²) in [6.45, 7) is 11.6. The molecule has 1 amide bonds. The molecule has 0 aromatic rings. The third-order valence-corrected chi connectivity index (χ3v) is 5.49. The lowest BCUT2D eigenvalue weighted by Gasteiger charge is -2.32. The summed E-state index contributed by atoms with van der Waals surface area (Å²) < 4.78 is 12.1. The average Bonchev–Trinajstić information content (AvgIpc) is 2.56. The fourth-order valence-electron chi connectivity index (χ4n) is 3.60. The summed E-state index contributed by atoms with van der Waals surface area (Å²) in [7, 11) is 0. The highest BCUT2D eigenvalue weighted by molar-refractivity contribution is 5.76. The molecule has 0 aromatic heterocycles. The van der Waals surface area contributed by atoms with Crippen LogP contribution in [0.1, 0.15) is 112 Å². The van der Waals surface area contributed by atoms with Gasteiger partial charge in [0.15, 0.2) is 0 Å². The first-order valence-electron chi connectivity index (χ1n) is 11.3. The molecule has 0 heterocycles. The molecule has 4 nitrogen and oxygen atoms in total. The first-order chi connectivity index (χ1) is 12.7. The highest BCUT2D eigenvalue weighted by atomic mass is 16.6. The molecular weight excluding hydrogens is 338 g/mol. The topological polar surface area (TPSA) is 47.6 Å². The standard InChI is InChI=1S/C23H45NO3/c1-6-7-13-17-22(2,3)27-19-23(4,5)26-18-16-21(25)24-20-14-11-9-8-10-12-15-20/h20H,6-19H2,1-5H3,(H,24,25). The molecule has 0 unspecified atom stereocenters. The van der Waals surface area contributed by atoms with Crippen LogP contribution in [-0.4, -0.2) is 36.4 Å². The van der Waals surface area contributed by atoms with E-state index in [1.54, 1.807) is 0 Å². The van der Waals surface area contributed by atoms with E-state index in [1.165, 1.54) is 51.4 Å². The molecule has 0 aromatic carbocycles. The molecule has 27 heavy (non-hydrogen) atoms. The van der Waals surface area contributed by atoms with Crippen LogP contribution < -0.4 is 5.32 Å². The van der Waals surface area contributed by atoms with E-state index in [1.807, 2.05) is 13.8 Å². The monoisotopic (exact) mass is 383 g/mol. The number of carbonyl (C=O) groups excluding carboxylic acids is 1. The molecule has 0 atom stereocenters. The number of ether oxygens (including phenoxy) is 2. The van der Waals surface area contributed by atoms with Crippen molar-refractivity contribution in [2.45, 2.75) is 129 Å². The van der Waals surface area contributed by atoms with E-state index in [4.69, 9.17) is 9.47 Å². The van der Waals surface area contributed by atoms with Crippen molar-refractivity contribution in [1.82, 2.24) is 5.32 Å². The Labute approximate surface area is 168 Å². The zero-order valence-electron chi connectivity index (χ0n) is 18.7. The molecule has 1 fully saturated rings. The number of hydrogen-bond acceptors (Lipinski definition) is 3. The molecule has 0 spiro atoms. The molecule has 0 saturated heterocycles. The van der Waals surface area contributed by atoms with E-state index < -0.39 is 0 Å². The van der Waals surface area contributed by atoms with Gasteiger partial charge >= 0.3 is 0 Å². The molecule has 160 valence electrons. The largest absolute Gasteiger partial charge is 0.373 e. The summed E-state index contributed by atoms with van der Waals surface area (Å²) in [4.78, 5) is 12.2. The van der Waals surface area contributed by atoms with Crippen molar-refractivity contribution < 1.29 is 14.3 Å². The lowest BCUT2D eigenvalue weighted by atomic mass is 9.96. The van der Waals surface area contributed by atoms with Gasteiger partial charge in [0, 0.05) is 12.5 Å². The molecule has 1 aliphatic rings. The van der Waals surface area contributed by atoms with Gasteiger partial charge in [0.05, 0.1) is 24.4 Å². The normalized spacial score (nSPS) is 17.4. The second-order valence-corrected chi connectivity index (χ2v) is 9.47. The van der Waals surface area contributed by atoms with E-state index >= 15 is 0 Å². The van der Waals surface area contributed by atoms with Gasteiger partial charge < -0.3 is 14.8 Å². The van der Waals surface area contributed by atoms with Crippen LogP contribution >= 0.6 is 0 Å².